The Hall–Kier alpha value is -5.16. The Kier molecular flexibility index (Phi) is 48.6. The number of amides is 5. The number of nitrogens with one attached hydrogen (secondary N) is 5. The van der Waals surface area contributed by atoms with E-state index in [-0.39, 0.29) is 95.9 Å². The van der Waals surface area contributed by atoms with Crippen LogP contribution < -0.4 is 26.6 Å². The van der Waals surface area contributed by atoms with E-state index in [2.05, 4.69) is 26.6 Å². The van der Waals surface area contributed by atoms with Gasteiger partial charge in [-0.2, -0.15) is 0 Å². The van der Waals surface area contributed by atoms with Crippen molar-refractivity contribution >= 4 is 46.9 Å². The zero-order valence-corrected chi connectivity index (χ0v) is 72.3. The molecule has 28 N–H and O–H groups in total. The van der Waals surface area contributed by atoms with Crippen molar-refractivity contribution in [2.24, 2.45) is 5.92 Å². The molecular weight excluding hydrogens is 1750 g/mol. The van der Waals surface area contributed by atoms with Crippen LogP contribution in [0.5, 0.6) is 0 Å². The minimum atomic E-state index is -2.05. The van der Waals surface area contributed by atoms with E-state index in [1.807, 2.05) is 0 Å². The van der Waals surface area contributed by atoms with Crippen molar-refractivity contribution in [3.8, 4) is 0 Å². The summed E-state index contributed by atoms with van der Waals surface area (Å²) < 4.78 is 78.4. The van der Waals surface area contributed by atoms with Crippen LogP contribution >= 0.6 is 0 Å². The number of hydrogen-bond acceptors (Lipinski definition) is 46. The first-order chi connectivity index (χ1) is 61.9. The van der Waals surface area contributed by atoms with Crippen LogP contribution in [-0.2, 0) is 105 Å². The highest BCUT2D eigenvalue weighted by molar-refractivity contribution is 5.88. The largest absolute Gasteiger partial charge is 0.394 e. The highest BCUT2D eigenvalue weighted by Gasteiger charge is 2.56. The maximum absolute atomic E-state index is 14.1. The molecule has 7 aliphatic heterocycles. The van der Waals surface area contributed by atoms with Gasteiger partial charge in [-0.15, -0.1) is 0 Å². The van der Waals surface area contributed by atoms with Gasteiger partial charge in [-0.1, -0.05) is 19.8 Å². The molecule has 7 rings (SSSR count). The Morgan fingerprint density at radius 1 is 0.308 bits per heavy atom. The molecule has 752 valence electrons. The van der Waals surface area contributed by atoms with Gasteiger partial charge in [-0.3, -0.25) is 43.3 Å². The van der Waals surface area contributed by atoms with Gasteiger partial charge in [0.15, 0.2) is 44.0 Å². The number of ether oxygens (including phenoxy) is 14. The number of unbranched alkanes of at least 4 members (excludes halogenated alkanes) is 4. The second-order valence-electron chi connectivity index (χ2n) is 33.1. The molecule has 0 aromatic rings. The molecule has 0 radical (unpaired) electrons. The summed E-state index contributed by atoms with van der Waals surface area (Å²) in [6.45, 7) is -4.47. The average Bonchev–Trinajstić information content (AvgIpc) is 0.781. The normalized spacial score (nSPS) is 36.8. The van der Waals surface area contributed by atoms with Crippen LogP contribution in [0.4, 0.5) is 0 Å². The standard InChI is InChI=1S/C79H136N6O45/c1-3-38(90)12-6-4-8-18-80-48(94)27-85(28-49(95)81-19-9-5-7-13-39(91)15-11-23-117-76-68(114)70(129-78-66(112)61(107)54(100)43(32-88)125-78)56(102)45(127-76)34-120-74-64(110)59(105)52(98)41(30-86)123-74)29-50(96)82-20-10-14-40(92)26-37(16-17-47(93)83-21-24-118-73-63(109)58(104)51(97)36(2)122-73)72(116)84-22-25-119-77-69(115)71(130-79-67(113)62(108)55(101)44(33-89)126-79)57(103)46(128-77)35-121-75-65(111)60(106)53(99)42(31-87)124-75/h36-37,41-46,51-71,73-79,86-89,97-115H,3-35H2,1-2H3,(H,80,94)(H,81,95)(H,82,96)(H,83,93)(H,84,116)/t36-,37+,41+,42+,43+,44+,45+,46+,51+,52+,53+,54+,55+,56+,57+,58+,59-,60-,61-,62-,63-,64-,65-,66-,67-,68-,69-,70-,71-,73+,74-,75-,76-,77-,78+,79?/m0/s1. The molecule has 51 heteroatoms. The van der Waals surface area contributed by atoms with Crippen molar-refractivity contribution in [1.82, 2.24) is 31.5 Å². The lowest BCUT2D eigenvalue weighted by atomic mass is 9.94. The third kappa shape index (κ3) is 33.3. The summed E-state index contributed by atoms with van der Waals surface area (Å²) in [5, 5.41) is 254. The first kappa shape index (κ1) is 112. The van der Waals surface area contributed by atoms with Gasteiger partial charge >= 0.3 is 0 Å². The van der Waals surface area contributed by atoms with Crippen molar-refractivity contribution in [1.29, 1.82) is 0 Å². The van der Waals surface area contributed by atoms with Crippen molar-refractivity contribution < 1.29 is 222 Å². The van der Waals surface area contributed by atoms with E-state index in [0.29, 0.717) is 51.4 Å². The van der Waals surface area contributed by atoms with Crippen LogP contribution in [0.3, 0.4) is 0 Å². The Morgan fingerprint density at radius 2 is 0.646 bits per heavy atom. The van der Waals surface area contributed by atoms with Crippen molar-refractivity contribution in [2.45, 2.75) is 332 Å². The SMILES string of the molecule is CCC(=O)CCCCCNC(=O)CN(CC(=O)NCCCCCC(=O)CCCO[C@H]1O[C@H](CO[C@H]2O[C@H](CO)[C@@H](O)[C@H](O)[C@@H]2O)[C@@H](O)[C@H](O[C@H]2O[C@H](CO)[C@@H](O)[C@H](O)[C@@H]2O)[C@@H]1O)CC(=O)NCCCC(=O)C[C@@H](CCC(=O)NCCO[C@@H]1O[C@@H](C)[C@@H](O)[C@@H](O)[C@@H]1O)C(=O)NCCO[C@H]1O[C@H](CO[C@H]2O[C@H](CO)[C@@H](O)[C@H](O)[C@@H]2O)[C@@H](O)[C@H](OC2O[C@H](CO)[C@@H](O)[C@H](O)[C@@H]2O)[C@@H]1O. The van der Waals surface area contributed by atoms with Gasteiger partial charge in [0.25, 0.3) is 0 Å². The van der Waals surface area contributed by atoms with Crippen LogP contribution in [-0.4, -0.2) is 496 Å². The highest BCUT2D eigenvalue weighted by atomic mass is 16.8. The van der Waals surface area contributed by atoms with E-state index < -0.39 is 335 Å². The molecule has 5 amide bonds. The molecule has 51 nitrogen and oxygen atoms in total. The Labute approximate surface area is 747 Å². The van der Waals surface area contributed by atoms with Gasteiger partial charge in [0.05, 0.1) is 85.2 Å². The van der Waals surface area contributed by atoms with Gasteiger partial charge in [-0.25, -0.2) is 0 Å². The van der Waals surface area contributed by atoms with E-state index in [1.54, 1.807) is 6.92 Å². The summed E-state index contributed by atoms with van der Waals surface area (Å²) in [6.07, 6.45) is -58.4. The molecule has 7 saturated heterocycles. The summed E-state index contributed by atoms with van der Waals surface area (Å²) in [7, 11) is 0. The smallest absolute Gasteiger partial charge is 0.234 e. The number of carbonyl (C=O) groups excluding carboxylic acids is 8. The molecule has 0 aromatic carbocycles. The molecule has 0 aliphatic carbocycles. The lowest BCUT2D eigenvalue weighted by Gasteiger charge is -2.46. The van der Waals surface area contributed by atoms with E-state index in [1.165, 1.54) is 11.8 Å². The summed E-state index contributed by atoms with van der Waals surface area (Å²) >= 11 is 0. The number of nitrogens with zero attached hydrogens (tertiary/aromatic N) is 1. The summed E-state index contributed by atoms with van der Waals surface area (Å²) in [6, 6.07) is 0. The fourth-order valence-electron chi connectivity index (χ4n) is 15.2. The summed E-state index contributed by atoms with van der Waals surface area (Å²) in [4.78, 5) is 108. The Bertz CT molecular complexity index is 3370. The van der Waals surface area contributed by atoms with Gasteiger partial charge in [-0.05, 0) is 51.9 Å². The summed E-state index contributed by atoms with van der Waals surface area (Å²) in [5.74, 6) is -5.07. The average molecular weight is 1890 g/mol. The Morgan fingerprint density at radius 3 is 1.07 bits per heavy atom. The second-order valence-corrected chi connectivity index (χ2v) is 33.1. The van der Waals surface area contributed by atoms with Crippen LogP contribution in [0.1, 0.15) is 117 Å². The molecule has 7 fully saturated rings. The van der Waals surface area contributed by atoms with Crippen LogP contribution in [0, 0.1) is 5.92 Å². The van der Waals surface area contributed by atoms with Crippen molar-refractivity contribution in [3.63, 3.8) is 0 Å². The highest BCUT2D eigenvalue weighted by Crippen LogP contribution is 2.35. The predicted molar refractivity (Wildman–Crippen MR) is 428 cm³/mol. The molecule has 0 aromatic heterocycles. The molecule has 36 atom stereocenters. The number of aliphatic hydroxyl groups excluding tert-OH is 23. The van der Waals surface area contributed by atoms with Crippen LogP contribution in [0.15, 0.2) is 0 Å². The fourth-order valence-corrected chi connectivity index (χ4v) is 15.2. The van der Waals surface area contributed by atoms with Gasteiger partial charge in [0.1, 0.15) is 182 Å². The molecule has 130 heavy (non-hydrogen) atoms. The molecule has 0 bridgehead atoms. The van der Waals surface area contributed by atoms with Crippen LogP contribution in [0.2, 0.25) is 0 Å². The van der Waals surface area contributed by atoms with Crippen molar-refractivity contribution in [2.75, 3.05) is 112 Å². The van der Waals surface area contributed by atoms with E-state index in [9.17, 15) is 156 Å². The second kappa shape index (κ2) is 56.5. The van der Waals surface area contributed by atoms with Gasteiger partial charge < -0.3 is 210 Å². The Balaban J connectivity index is 0.899. The fraction of sp³-hybridized carbons (Fsp3) is 0.899. The lowest BCUT2D eigenvalue weighted by molar-refractivity contribution is -0.366. The molecule has 0 saturated carbocycles. The molecule has 1 unspecified atom stereocenters. The first-order valence-corrected chi connectivity index (χ1v) is 43.8. The monoisotopic (exact) mass is 1890 g/mol. The number of hydrogen-bond donors (Lipinski definition) is 28. The quantitative estimate of drug-likeness (QED) is 0.0251. The van der Waals surface area contributed by atoms with E-state index in [0.717, 1.165) is 0 Å². The minimum absolute atomic E-state index is 0.00797. The summed E-state index contributed by atoms with van der Waals surface area (Å²) in [5.41, 5.74) is 0. The molecular formula is C79H136N6O45. The number of carbonyl (C=O) groups is 8. The lowest BCUT2D eigenvalue weighted by Crippen LogP contribution is -2.65. The number of ketones is 3. The zero-order valence-electron chi connectivity index (χ0n) is 72.3. The maximum Gasteiger partial charge on any atom is 0.234 e. The first-order valence-electron chi connectivity index (χ1n) is 43.8. The van der Waals surface area contributed by atoms with Gasteiger partial charge in [0, 0.05) is 83.6 Å². The van der Waals surface area contributed by atoms with Crippen molar-refractivity contribution in [3.05, 3.63) is 0 Å². The minimum Gasteiger partial charge on any atom is -0.394 e. The third-order valence-electron chi connectivity index (χ3n) is 23.1. The predicted octanol–water partition coefficient (Wildman–Crippen LogP) is -14.8. The third-order valence-corrected chi connectivity index (χ3v) is 23.1. The number of aliphatic hydroxyl groups is 23. The van der Waals surface area contributed by atoms with Crippen LogP contribution in [0.25, 0.3) is 0 Å². The maximum atomic E-state index is 14.1. The topological polar surface area (TPSA) is 794 Å². The molecule has 7 aliphatic rings. The number of Topliss-reactive ketones (excluding diaryl/α,β-unsaturated/α-hetero) is 3. The molecule has 0 spiro atoms. The zero-order chi connectivity index (χ0) is 95.8. The van der Waals surface area contributed by atoms with Gasteiger partial charge in [0.2, 0.25) is 29.5 Å². The molecule has 7 heterocycles. The van der Waals surface area contributed by atoms with E-state index >= 15 is 0 Å². The number of rotatable bonds is 56. The van der Waals surface area contributed by atoms with E-state index in [4.69, 9.17) is 66.3 Å².